The third kappa shape index (κ3) is 4.24. The normalized spacial score (nSPS) is 14.2. The first-order chi connectivity index (χ1) is 14.3. The van der Waals surface area contributed by atoms with Crippen LogP contribution < -0.4 is 5.32 Å². The number of nitrogens with one attached hydrogen (secondary N) is 1. The predicted octanol–water partition coefficient (Wildman–Crippen LogP) is 6.00. The molecular formula is C26H30N2OS. The van der Waals surface area contributed by atoms with Crippen LogP contribution in [-0.2, 0) is 0 Å². The summed E-state index contributed by atoms with van der Waals surface area (Å²) in [6.45, 7) is 8.36. The standard InChI is InChI=1S/C26H30N2OS/c1-18(2)26(4,27-24(29)21-13-7-6-8-14-21)25(30)28(5)19(3)22-17-11-15-20-12-9-10-16-23(20)22/h6-19H,1-5H3,(H,27,29)/t19-,26-/m1/s1. The summed E-state index contributed by atoms with van der Waals surface area (Å²) in [5, 5.41) is 5.65. The lowest BCUT2D eigenvalue weighted by Gasteiger charge is -2.42. The van der Waals surface area contributed by atoms with Crippen molar-refractivity contribution in [1.82, 2.24) is 10.2 Å². The molecule has 156 valence electrons. The summed E-state index contributed by atoms with van der Waals surface area (Å²) in [5.41, 5.74) is 1.20. The molecule has 0 aliphatic carbocycles. The van der Waals surface area contributed by atoms with Crippen molar-refractivity contribution in [3.8, 4) is 0 Å². The first-order valence-electron chi connectivity index (χ1n) is 10.4. The van der Waals surface area contributed by atoms with Gasteiger partial charge in [-0.3, -0.25) is 4.79 Å². The lowest BCUT2D eigenvalue weighted by molar-refractivity contribution is 0.0908. The molecule has 0 spiro atoms. The molecule has 0 heterocycles. The number of rotatable bonds is 6. The van der Waals surface area contributed by atoms with Gasteiger partial charge in [0, 0.05) is 12.6 Å². The minimum absolute atomic E-state index is 0.0651. The fourth-order valence-electron chi connectivity index (χ4n) is 3.71. The second kappa shape index (κ2) is 8.97. The summed E-state index contributed by atoms with van der Waals surface area (Å²) in [7, 11) is 2.02. The molecule has 0 unspecified atom stereocenters. The topological polar surface area (TPSA) is 32.3 Å². The zero-order valence-corrected chi connectivity index (χ0v) is 19.2. The van der Waals surface area contributed by atoms with Crippen molar-refractivity contribution in [1.29, 1.82) is 0 Å². The van der Waals surface area contributed by atoms with Gasteiger partial charge >= 0.3 is 0 Å². The Bertz CT molecular complexity index is 1040. The number of amides is 1. The van der Waals surface area contributed by atoms with E-state index in [0.717, 1.165) is 4.99 Å². The van der Waals surface area contributed by atoms with Crippen LogP contribution in [0.1, 0.15) is 49.7 Å². The molecule has 3 rings (SSSR count). The Hall–Kier alpha value is -2.72. The van der Waals surface area contributed by atoms with E-state index in [0.29, 0.717) is 5.56 Å². The Labute approximate surface area is 185 Å². The van der Waals surface area contributed by atoms with Crippen molar-refractivity contribution in [2.24, 2.45) is 5.92 Å². The van der Waals surface area contributed by atoms with Crippen LogP contribution >= 0.6 is 12.2 Å². The molecule has 0 radical (unpaired) electrons. The molecule has 0 aliphatic heterocycles. The van der Waals surface area contributed by atoms with E-state index >= 15 is 0 Å². The Balaban J connectivity index is 1.90. The van der Waals surface area contributed by atoms with Crippen molar-refractivity contribution >= 4 is 33.9 Å². The van der Waals surface area contributed by atoms with Crippen LogP contribution in [0.4, 0.5) is 0 Å². The summed E-state index contributed by atoms with van der Waals surface area (Å²) in [6.07, 6.45) is 0. The summed E-state index contributed by atoms with van der Waals surface area (Å²) >= 11 is 5.97. The van der Waals surface area contributed by atoms with Gasteiger partial charge in [-0.05, 0) is 48.2 Å². The number of nitrogens with zero attached hydrogens (tertiary/aromatic N) is 1. The Kier molecular flexibility index (Phi) is 6.57. The number of hydrogen-bond donors (Lipinski definition) is 1. The quantitative estimate of drug-likeness (QED) is 0.498. The van der Waals surface area contributed by atoms with Crippen LogP contribution in [-0.4, -0.2) is 28.4 Å². The maximum atomic E-state index is 12.9. The van der Waals surface area contributed by atoms with Gasteiger partial charge in [-0.15, -0.1) is 0 Å². The summed E-state index contributed by atoms with van der Waals surface area (Å²) < 4.78 is 0. The van der Waals surface area contributed by atoms with Crippen LogP contribution in [0, 0.1) is 5.92 Å². The SMILES string of the molecule is CC(C)[C@@](C)(NC(=O)c1ccccc1)C(=S)N(C)[C@H](C)c1cccc2ccccc12. The highest BCUT2D eigenvalue weighted by molar-refractivity contribution is 7.80. The highest BCUT2D eigenvalue weighted by Crippen LogP contribution is 2.31. The summed E-state index contributed by atoms with van der Waals surface area (Å²) in [4.78, 5) is 15.8. The van der Waals surface area contributed by atoms with Crippen molar-refractivity contribution in [3.05, 3.63) is 83.9 Å². The molecule has 2 atom stereocenters. The average molecular weight is 419 g/mol. The second-order valence-corrected chi connectivity index (χ2v) is 8.72. The first-order valence-corrected chi connectivity index (χ1v) is 10.8. The average Bonchev–Trinajstić information content (AvgIpc) is 2.77. The van der Waals surface area contributed by atoms with Crippen molar-refractivity contribution in [3.63, 3.8) is 0 Å². The van der Waals surface area contributed by atoms with Crippen molar-refractivity contribution in [2.45, 2.75) is 39.3 Å². The molecule has 3 aromatic carbocycles. The van der Waals surface area contributed by atoms with E-state index in [2.05, 4.69) is 73.5 Å². The number of likely N-dealkylation sites (N-methyl/N-ethyl adjacent to an activating group) is 1. The molecule has 3 aromatic rings. The zero-order chi connectivity index (χ0) is 21.9. The third-order valence-electron chi connectivity index (χ3n) is 6.18. The highest BCUT2D eigenvalue weighted by atomic mass is 32.1. The van der Waals surface area contributed by atoms with Gasteiger partial charge in [-0.25, -0.2) is 0 Å². The van der Waals surface area contributed by atoms with Gasteiger partial charge < -0.3 is 10.2 Å². The number of thiocarbonyl (C=S) groups is 1. The highest BCUT2D eigenvalue weighted by Gasteiger charge is 2.38. The minimum atomic E-state index is -0.657. The second-order valence-electron chi connectivity index (χ2n) is 8.34. The molecule has 30 heavy (non-hydrogen) atoms. The molecule has 1 N–H and O–H groups in total. The third-order valence-corrected chi connectivity index (χ3v) is 6.89. The Morgan fingerprint density at radius 1 is 0.933 bits per heavy atom. The van der Waals surface area contributed by atoms with Crippen LogP contribution in [0.5, 0.6) is 0 Å². The molecule has 0 saturated carbocycles. The van der Waals surface area contributed by atoms with Crippen LogP contribution in [0.3, 0.4) is 0 Å². The van der Waals surface area contributed by atoms with Gasteiger partial charge in [0.05, 0.1) is 11.6 Å². The molecule has 0 aliphatic rings. The number of benzene rings is 3. The van der Waals surface area contributed by atoms with Crippen molar-refractivity contribution in [2.75, 3.05) is 7.05 Å². The minimum Gasteiger partial charge on any atom is -0.360 e. The molecular weight excluding hydrogens is 388 g/mol. The van der Waals surface area contributed by atoms with E-state index in [1.807, 2.05) is 44.3 Å². The van der Waals surface area contributed by atoms with Gasteiger partial charge in [-0.2, -0.15) is 0 Å². The maximum absolute atomic E-state index is 12.9. The largest absolute Gasteiger partial charge is 0.360 e. The summed E-state index contributed by atoms with van der Waals surface area (Å²) in [6, 6.07) is 24.1. The van der Waals surface area contributed by atoms with Crippen LogP contribution in [0.15, 0.2) is 72.8 Å². The number of carbonyl (C=O) groups is 1. The predicted molar refractivity (Wildman–Crippen MR) is 130 cm³/mol. The van der Waals surface area contributed by atoms with E-state index in [4.69, 9.17) is 12.2 Å². The fourth-order valence-corrected chi connectivity index (χ4v) is 4.15. The Morgan fingerprint density at radius 2 is 1.53 bits per heavy atom. The lowest BCUT2D eigenvalue weighted by atomic mass is 9.86. The van der Waals surface area contributed by atoms with Gasteiger partial charge in [0.15, 0.2) is 0 Å². The van der Waals surface area contributed by atoms with E-state index in [1.54, 1.807) is 0 Å². The van der Waals surface area contributed by atoms with Gasteiger partial charge in [0.25, 0.3) is 5.91 Å². The first kappa shape index (κ1) is 22.0. The lowest BCUT2D eigenvalue weighted by Crippen LogP contribution is -2.59. The molecule has 3 nitrogen and oxygen atoms in total. The smallest absolute Gasteiger partial charge is 0.252 e. The van der Waals surface area contributed by atoms with E-state index in [1.165, 1.54) is 16.3 Å². The molecule has 0 saturated heterocycles. The van der Waals surface area contributed by atoms with Gasteiger partial charge in [-0.1, -0.05) is 86.7 Å². The number of hydrogen-bond acceptors (Lipinski definition) is 2. The van der Waals surface area contributed by atoms with E-state index in [-0.39, 0.29) is 17.9 Å². The number of fused-ring (bicyclic) bond motifs is 1. The van der Waals surface area contributed by atoms with E-state index in [9.17, 15) is 4.79 Å². The molecule has 0 aromatic heterocycles. The van der Waals surface area contributed by atoms with Gasteiger partial charge in [0.2, 0.25) is 0 Å². The van der Waals surface area contributed by atoms with E-state index < -0.39 is 5.54 Å². The summed E-state index contributed by atoms with van der Waals surface area (Å²) in [5.74, 6) is 0.0141. The molecule has 4 heteroatoms. The molecule has 1 amide bonds. The van der Waals surface area contributed by atoms with Gasteiger partial charge in [0.1, 0.15) is 4.99 Å². The monoisotopic (exact) mass is 418 g/mol. The maximum Gasteiger partial charge on any atom is 0.252 e. The van der Waals surface area contributed by atoms with Crippen molar-refractivity contribution < 1.29 is 4.79 Å². The van der Waals surface area contributed by atoms with Crippen LogP contribution in [0.25, 0.3) is 10.8 Å². The molecule has 0 fully saturated rings. The zero-order valence-electron chi connectivity index (χ0n) is 18.3. The fraction of sp³-hybridized carbons (Fsp3) is 0.308. The number of carbonyl (C=O) groups excluding carboxylic acids is 1. The molecule has 0 bridgehead atoms. The Morgan fingerprint density at radius 3 is 2.20 bits per heavy atom. The van der Waals surface area contributed by atoms with Crippen LogP contribution in [0.2, 0.25) is 0 Å².